The van der Waals surface area contributed by atoms with E-state index in [-0.39, 0.29) is 17.8 Å². The van der Waals surface area contributed by atoms with Gasteiger partial charge in [-0.15, -0.1) is 0 Å². The van der Waals surface area contributed by atoms with Crippen molar-refractivity contribution in [3.05, 3.63) is 23.9 Å². The Balaban J connectivity index is 3.13. The summed E-state index contributed by atoms with van der Waals surface area (Å²) in [6.07, 6.45) is -7.63. The third kappa shape index (κ3) is 5.54. The lowest BCUT2D eigenvalue weighted by atomic mass is 9.97. The summed E-state index contributed by atoms with van der Waals surface area (Å²) >= 11 is 0. The number of hydrogen-bond donors (Lipinski definition) is 1. The molecular weight excluding hydrogens is 341 g/mol. The Bertz CT molecular complexity index is 654. The summed E-state index contributed by atoms with van der Waals surface area (Å²) in [6, 6.07) is 3.91. The van der Waals surface area contributed by atoms with E-state index in [1.165, 1.54) is 18.2 Å². The number of anilines is 1. The minimum atomic E-state index is -4.69. The molecule has 0 aromatic carbocycles. The van der Waals surface area contributed by atoms with Crippen molar-refractivity contribution in [3.8, 4) is 0 Å². The van der Waals surface area contributed by atoms with Gasteiger partial charge in [0.15, 0.2) is 5.78 Å². The molecule has 0 spiro atoms. The fourth-order valence-corrected chi connectivity index (χ4v) is 2.21. The smallest absolute Gasteiger partial charge is 0.413 e. The number of carbonyl (C=O) groups is 3. The summed E-state index contributed by atoms with van der Waals surface area (Å²) in [5.74, 6) is -3.07. The molecule has 1 N–H and O–H groups in total. The molecule has 0 fully saturated rings. The highest BCUT2D eigenvalue weighted by molar-refractivity contribution is 5.95. The maximum absolute atomic E-state index is 12.8. The second kappa shape index (κ2) is 7.62. The molecular formula is C16H19F3N2O4. The molecule has 0 aliphatic heterocycles. The SMILES string of the molecule is CC(C)(C)N(C(=O)O)c1cccc(C(=O)CC(CC=O)C(F)(F)F)n1. The third-order valence-electron chi connectivity index (χ3n) is 3.39. The molecule has 0 radical (unpaired) electrons. The first kappa shape index (κ1) is 20.6. The van der Waals surface area contributed by atoms with E-state index in [1.807, 2.05) is 0 Å². The van der Waals surface area contributed by atoms with Crippen LogP contribution < -0.4 is 4.90 Å². The van der Waals surface area contributed by atoms with Crippen LogP contribution in [0.3, 0.4) is 0 Å². The number of aldehydes is 1. The van der Waals surface area contributed by atoms with Gasteiger partial charge in [0.2, 0.25) is 0 Å². The highest BCUT2D eigenvalue weighted by Gasteiger charge is 2.40. The number of amides is 1. The molecule has 1 heterocycles. The van der Waals surface area contributed by atoms with Crippen LogP contribution in [0.15, 0.2) is 18.2 Å². The van der Waals surface area contributed by atoms with E-state index in [0.29, 0.717) is 0 Å². The average molecular weight is 360 g/mol. The molecule has 6 nitrogen and oxygen atoms in total. The van der Waals surface area contributed by atoms with Gasteiger partial charge in [-0.25, -0.2) is 9.78 Å². The molecule has 138 valence electrons. The Morgan fingerprint density at radius 1 is 1.28 bits per heavy atom. The summed E-state index contributed by atoms with van der Waals surface area (Å²) in [6.45, 7) is 4.84. The Morgan fingerprint density at radius 2 is 1.88 bits per heavy atom. The van der Waals surface area contributed by atoms with Crippen molar-refractivity contribution in [2.24, 2.45) is 5.92 Å². The normalized spacial score (nSPS) is 13.2. The number of nitrogens with zero attached hydrogens (tertiary/aromatic N) is 2. The van der Waals surface area contributed by atoms with Gasteiger partial charge in [-0.2, -0.15) is 13.2 Å². The highest BCUT2D eigenvalue weighted by Crippen LogP contribution is 2.32. The van der Waals surface area contributed by atoms with Crippen molar-refractivity contribution in [3.63, 3.8) is 0 Å². The van der Waals surface area contributed by atoms with Gasteiger partial charge in [0.1, 0.15) is 17.8 Å². The second-order valence-electron chi connectivity index (χ2n) is 6.44. The van der Waals surface area contributed by atoms with E-state index in [4.69, 9.17) is 0 Å². The topological polar surface area (TPSA) is 87.6 Å². The molecule has 0 saturated carbocycles. The summed E-state index contributed by atoms with van der Waals surface area (Å²) in [5.41, 5.74) is -1.15. The maximum Gasteiger partial charge on any atom is 0.413 e. The van der Waals surface area contributed by atoms with E-state index >= 15 is 0 Å². The summed E-state index contributed by atoms with van der Waals surface area (Å²) in [4.78, 5) is 38.8. The van der Waals surface area contributed by atoms with Gasteiger partial charge < -0.3 is 9.90 Å². The monoisotopic (exact) mass is 360 g/mol. The standard InChI is InChI=1S/C16H19F3N2O4/c1-15(2,3)21(14(24)25)13-6-4-5-11(20-13)12(23)9-10(7-8-22)16(17,18)19/h4-6,8,10H,7,9H2,1-3H3,(H,24,25). The lowest BCUT2D eigenvalue weighted by molar-refractivity contribution is -0.175. The van der Waals surface area contributed by atoms with Crippen molar-refractivity contribution in [1.29, 1.82) is 0 Å². The van der Waals surface area contributed by atoms with Crippen LogP contribution in [0, 0.1) is 5.92 Å². The zero-order chi connectivity index (χ0) is 19.4. The quantitative estimate of drug-likeness (QED) is 0.617. The molecule has 1 unspecified atom stereocenters. The number of hydrogen-bond acceptors (Lipinski definition) is 4. The first-order valence-electron chi connectivity index (χ1n) is 7.41. The van der Waals surface area contributed by atoms with Crippen molar-refractivity contribution in [2.75, 3.05) is 4.90 Å². The van der Waals surface area contributed by atoms with Gasteiger partial charge in [-0.3, -0.25) is 9.69 Å². The number of Topliss-reactive ketones (excluding diaryl/α,β-unsaturated/α-hetero) is 1. The molecule has 1 amide bonds. The number of alkyl halides is 3. The van der Waals surface area contributed by atoms with E-state index in [0.717, 1.165) is 4.90 Å². The van der Waals surface area contributed by atoms with Gasteiger partial charge in [-0.1, -0.05) is 6.07 Å². The van der Waals surface area contributed by atoms with E-state index in [1.54, 1.807) is 20.8 Å². The van der Waals surface area contributed by atoms with E-state index < -0.39 is 42.4 Å². The van der Waals surface area contributed by atoms with Crippen LogP contribution in [0.2, 0.25) is 0 Å². The van der Waals surface area contributed by atoms with Crippen molar-refractivity contribution in [1.82, 2.24) is 4.98 Å². The van der Waals surface area contributed by atoms with Crippen LogP contribution in [0.4, 0.5) is 23.8 Å². The molecule has 0 aliphatic rings. The first-order valence-corrected chi connectivity index (χ1v) is 7.41. The summed E-state index contributed by atoms with van der Waals surface area (Å²) in [5, 5.41) is 9.33. The number of pyridine rings is 1. The van der Waals surface area contributed by atoms with Crippen LogP contribution in [-0.4, -0.2) is 40.0 Å². The Morgan fingerprint density at radius 3 is 2.32 bits per heavy atom. The van der Waals surface area contributed by atoms with Gasteiger partial charge in [0, 0.05) is 18.4 Å². The zero-order valence-corrected chi connectivity index (χ0v) is 14.0. The number of ketones is 1. The first-order chi connectivity index (χ1) is 11.4. The van der Waals surface area contributed by atoms with E-state index in [9.17, 15) is 32.7 Å². The van der Waals surface area contributed by atoms with Gasteiger partial charge in [0.25, 0.3) is 0 Å². The van der Waals surface area contributed by atoms with Gasteiger partial charge >= 0.3 is 12.3 Å². The second-order valence-corrected chi connectivity index (χ2v) is 6.44. The molecule has 1 atom stereocenters. The Hall–Kier alpha value is -2.45. The predicted molar refractivity (Wildman–Crippen MR) is 83.7 cm³/mol. The number of aromatic nitrogens is 1. The zero-order valence-electron chi connectivity index (χ0n) is 14.0. The molecule has 9 heteroatoms. The maximum atomic E-state index is 12.8. The highest BCUT2D eigenvalue weighted by atomic mass is 19.4. The van der Waals surface area contributed by atoms with Crippen LogP contribution >= 0.6 is 0 Å². The lowest BCUT2D eigenvalue weighted by Gasteiger charge is -2.32. The third-order valence-corrected chi connectivity index (χ3v) is 3.39. The van der Waals surface area contributed by atoms with Crippen molar-refractivity contribution >= 4 is 24.0 Å². The average Bonchev–Trinajstić information content (AvgIpc) is 2.44. The van der Waals surface area contributed by atoms with Gasteiger partial charge in [0.05, 0.1) is 5.92 Å². The van der Waals surface area contributed by atoms with Crippen molar-refractivity contribution in [2.45, 2.75) is 45.3 Å². The number of carboxylic acid groups (broad SMARTS) is 1. The fraction of sp³-hybridized carbons (Fsp3) is 0.500. The molecule has 1 aromatic rings. The number of carbonyl (C=O) groups excluding carboxylic acids is 2. The summed E-state index contributed by atoms with van der Waals surface area (Å²) in [7, 11) is 0. The fourth-order valence-electron chi connectivity index (χ4n) is 2.21. The molecule has 25 heavy (non-hydrogen) atoms. The number of rotatable bonds is 6. The lowest BCUT2D eigenvalue weighted by Crippen LogP contribution is -2.45. The number of halogens is 3. The molecule has 0 aliphatic carbocycles. The van der Waals surface area contributed by atoms with Crippen LogP contribution in [0.25, 0.3) is 0 Å². The molecule has 1 rings (SSSR count). The molecule has 0 bridgehead atoms. The molecule has 1 aromatic heterocycles. The minimum Gasteiger partial charge on any atom is -0.465 e. The van der Waals surface area contributed by atoms with Crippen molar-refractivity contribution < 1.29 is 32.7 Å². The largest absolute Gasteiger partial charge is 0.465 e. The Labute approximate surface area is 142 Å². The van der Waals surface area contributed by atoms with E-state index in [2.05, 4.69) is 4.98 Å². The van der Waals surface area contributed by atoms with Crippen LogP contribution in [0.1, 0.15) is 44.1 Å². The molecule has 0 saturated heterocycles. The minimum absolute atomic E-state index is 0.0650. The van der Waals surface area contributed by atoms with Crippen LogP contribution in [0.5, 0.6) is 0 Å². The Kier molecular flexibility index (Phi) is 6.28. The van der Waals surface area contributed by atoms with Crippen LogP contribution in [-0.2, 0) is 4.79 Å². The summed E-state index contributed by atoms with van der Waals surface area (Å²) < 4.78 is 38.5. The predicted octanol–water partition coefficient (Wildman–Crippen LogP) is 3.70. The van der Waals surface area contributed by atoms with Gasteiger partial charge in [-0.05, 0) is 32.9 Å².